The molecule has 11 nitrogen and oxygen atoms in total. The number of nitrogens with one attached hydrogen (secondary N) is 1. The molecule has 0 spiro atoms. The molecule has 0 aromatic heterocycles. The number of hydrogen-bond acceptors (Lipinski definition) is 10. The van der Waals surface area contributed by atoms with E-state index in [4.69, 9.17) is 9.47 Å². The van der Waals surface area contributed by atoms with Gasteiger partial charge in [0.15, 0.2) is 6.29 Å². The molecule has 0 aromatic carbocycles. The molecule has 1 aliphatic rings. The van der Waals surface area contributed by atoms with Crippen LogP contribution in [0.1, 0.15) is 226 Å². The van der Waals surface area contributed by atoms with Gasteiger partial charge in [-0.3, -0.25) is 4.79 Å². The van der Waals surface area contributed by atoms with Gasteiger partial charge in [0.25, 0.3) is 0 Å². The fourth-order valence-electron chi connectivity index (χ4n) is 8.51. The summed E-state index contributed by atoms with van der Waals surface area (Å²) < 4.78 is 11.1. The van der Waals surface area contributed by atoms with E-state index in [0.717, 1.165) is 57.8 Å². The van der Waals surface area contributed by atoms with Gasteiger partial charge in [-0.2, -0.15) is 0 Å². The number of allylic oxidation sites excluding steroid dienone is 10. The standard InChI is InChI=1S/C57H103NO10/c1-3-5-7-9-11-13-15-17-18-19-20-21-22-23-24-25-26-27-28-29-30-31-33-35-37-39-41-43-45-50(61)56(66)58-48(47-67-57-55(65)54(64)53(63)51(46-59)68-57)52(62)49(60)44-42-40-38-36-34-32-16-14-12-10-8-6-4-2/h6,8,14,16,20-21,23-24,36,38,48-55,57,59-65H,3-5,7,9-13,15,17-19,22,25-35,37,39-47H2,1-2H3,(H,58,66)/b8-6+,16-14+,21-20-,24-23-,38-36+. The summed E-state index contributed by atoms with van der Waals surface area (Å²) >= 11 is 0. The Bertz CT molecular complexity index is 1290. The molecule has 1 fully saturated rings. The van der Waals surface area contributed by atoms with E-state index in [1.54, 1.807) is 0 Å². The highest BCUT2D eigenvalue weighted by Crippen LogP contribution is 2.23. The number of rotatable bonds is 46. The molecule has 0 radical (unpaired) electrons. The average Bonchev–Trinajstić information content (AvgIpc) is 3.34. The minimum absolute atomic E-state index is 0.238. The lowest BCUT2D eigenvalue weighted by atomic mass is 9.98. The predicted molar refractivity (Wildman–Crippen MR) is 279 cm³/mol. The first-order chi connectivity index (χ1) is 33.2. The van der Waals surface area contributed by atoms with Crippen molar-refractivity contribution >= 4 is 5.91 Å². The summed E-state index contributed by atoms with van der Waals surface area (Å²) in [5.74, 6) is -0.716. The van der Waals surface area contributed by atoms with Crippen molar-refractivity contribution in [3.05, 3.63) is 60.8 Å². The van der Waals surface area contributed by atoms with Gasteiger partial charge in [-0.15, -0.1) is 0 Å². The molecule has 0 bridgehead atoms. The largest absolute Gasteiger partial charge is 0.394 e. The lowest BCUT2D eigenvalue weighted by Gasteiger charge is -2.40. The fraction of sp³-hybridized carbons (Fsp3) is 0.807. The highest BCUT2D eigenvalue weighted by atomic mass is 16.7. The van der Waals surface area contributed by atoms with Gasteiger partial charge in [-0.1, -0.05) is 197 Å². The number of carbonyl (C=O) groups is 1. The normalized spacial score (nSPS) is 21.0. The van der Waals surface area contributed by atoms with Gasteiger partial charge in [0.2, 0.25) is 5.91 Å². The first-order valence-electron chi connectivity index (χ1n) is 27.7. The number of carbonyl (C=O) groups excluding carboxylic acids is 1. The summed E-state index contributed by atoms with van der Waals surface area (Å²) in [6.45, 7) is 3.31. The van der Waals surface area contributed by atoms with E-state index in [1.807, 2.05) is 0 Å². The van der Waals surface area contributed by atoms with Crippen molar-refractivity contribution in [3.8, 4) is 0 Å². The van der Waals surface area contributed by atoms with E-state index in [-0.39, 0.29) is 12.8 Å². The number of ether oxygens (including phenoxy) is 2. The molecule has 1 saturated heterocycles. The summed E-state index contributed by atoms with van der Waals surface area (Å²) in [5.41, 5.74) is 0. The summed E-state index contributed by atoms with van der Waals surface area (Å²) in [6, 6.07) is -1.20. The molecular weight excluding hydrogens is 859 g/mol. The Labute approximate surface area is 414 Å². The van der Waals surface area contributed by atoms with Crippen LogP contribution in [0, 0.1) is 0 Å². The molecule has 11 heteroatoms. The van der Waals surface area contributed by atoms with Crippen LogP contribution in [0.4, 0.5) is 0 Å². The fourth-order valence-corrected chi connectivity index (χ4v) is 8.51. The van der Waals surface area contributed by atoms with E-state index in [0.29, 0.717) is 19.3 Å². The van der Waals surface area contributed by atoms with Gasteiger partial charge >= 0.3 is 0 Å². The third-order valence-electron chi connectivity index (χ3n) is 13.0. The van der Waals surface area contributed by atoms with Crippen molar-refractivity contribution < 1.29 is 50.0 Å². The summed E-state index contributed by atoms with van der Waals surface area (Å²) in [5, 5.41) is 75.8. The van der Waals surface area contributed by atoms with Gasteiger partial charge in [-0.05, 0) is 89.9 Å². The summed E-state index contributed by atoms with van der Waals surface area (Å²) in [7, 11) is 0. The minimum atomic E-state index is -1.67. The molecule has 8 N–H and O–H groups in total. The Morgan fingerprint density at radius 1 is 0.529 bits per heavy atom. The lowest BCUT2D eigenvalue weighted by Crippen LogP contribution is -2.60. The van der Waals surface area contributed by atoms with Crippen LogP contribution in [0.15, 0.2) is 60.8 Å². The van der Waals surface area contributed by atoms with Crippen LogP contribution in [0.3, 0.4) is 0 Å². The molecule has 9 atom stereocenters. The smallest absolute Gasteiger partial charge is 0.249 e. The van der Waals surface area contributed by atoms with Gasteiger partial charge in [-0.25, -0.2) is 0 Å². The van der Waals surface area contributed by atoms with Crippen molar-refractivity contribution in [2.45, 2.75) is 281 Å². The second-order valence-corrected chi connectivity index (χ2v) is 19.2. The molecular formula is C57H103NO10. The second kappa shape index (κ2) is 45.9. The molecule has 396 valence electrons. The Kier molecular flexibility index (Phi) is 43.1. The molecule has 1 amide bonds. The van der Waals surface area contributed by atoms with Crippen LogP contribution in [-0.2, 0) is 14.3 Å². The van der Waals surface area contributed by atoms with Gasteiger partial charge in [0.1, 0.15) is 36.6 Å². The highest BCUT2D eigenvalue weighted by molar-refractivity contribution is 5.80. The zero-order valence-corrected chi connectivity index (χ0v) is 43.1. The summed E-state index contributed by atoms with van der Waals surface area (Å²) in [6.07, 6.45) is 47.2. The number of amides is 1. The Morgan fingerprint density at radius 3 is 1.47 bits per heavy atom. The van der Waals surface area contributed by atoms with Gasteiger partial charge in [0.05, 0.1) is 25.4 Å². The highest BCUT2D eigenvalue weighted by Gasteiger charge is 2.44. The van der Waals surface area contributed by atoms with Crippen LogP contribution >= 0.6 is 0 Å². The lowest BCUT2D eigenvalue weighted by molar-refractivity contribution is -0.303. The number of aliphatic hydroxyl groups is 7. The summed E-state index contributed by atoms with van der Waals surface area (Å²) in [4.78, 5) is 13.1. The number of unbranched alkanes of at least 4 members (excludes halogenated alkanes) is 24. The monoisotopic (exact) mass is 962 g/mol. The Hall–Kier alpha value is -2.19. The van der Waals surface area contributed by atoms with Crippen LogP contribution < -0.4 is 5.32 Å². The Morgan fingerprint density at radius 2 is 0.971 bits per heavy atom. The van der Waals surface area contributed by atoms with Crippen LogP contribution in [0.25, 0.3) is 0 Å². The molecule has 0 aromatic rings. The first kappa shape index (κ1) is 63.8. The number of aliphatic hydroxyl groups excluding tert-OH is 7. The topological polar surface area (TPSA) is 189 Å². The average molecular weight is 962 g/mol. The van der Waals surface area contributed by atoms with Crippen molar-refractivity contribution in [2.75, 3.05) is 13.2 Å². The van der Waals surface area contributed by atoms with Crippen molar-refractivity contribution in [1.82, 2.24) is 5.32 Å². The maximum Gasteiger partial charge on any atom is 0.249 e. The Balaban J connectivity index is 2.29. The van der Waals surface area contributed by atoms with Gasteiger partial charge < -0.3 is 50.5 Å². The third-order valence-corrected chi connectivity index (χ3v) is 13.0. The quantitative estimate of drug-likeness (QED) is 0.0215. The molecule has 0 aliphatic carbocycles. The van der Waals surface area contributed by atoms with Crippen LogP contribution in [0.5, 0.6) is 0 Å². The van der Waals surface area contributed by atoms with E-state index < -0.39 is 74.2 Å². The van der Waals surface area contributed by atoms with E-state index >= 15 is 0 Å². The van der Waals surface area contributed by atoms with Crippen molar-refractivity contribution in [2.24, 2.45) is 0 Å². The third kappa shape index (κ3) is 34.2. The van der Waals surface area contributed by atoms with Crippen molar-refractivity contribution in [1.29, 1.82) is 0 Å². The van der Waals surface area contributed by atoms with Gasteiger partial charge in [0, 0.05) is 0 Å². The van der Waals surface area contributed by atoms with Crippen LogP contribution in [0.2, 0.25) is 0 Å². The maximum atomic E-state index is 13.1. The molecule has 1 aliphatic heterocycles. The minimum Gasteiger partial charge on any atom is -0.394 e. The second-order valence-electron chi connectivity index (χ2n) is 19.2. The molecule has 0 saturated carbocycles. The van der Waals surface area contributed by atoms with Crippen molar-refractivity contribution in [3.63, 3.8) is 0 Å². The SMILES string of the molecule is CC/C=C/CC/C=C/CC/C=C/CCCC(O)C(O)C(COC1OC(CO)C(O)C(O)C1O)NC(=O)C(O)CCCCCCCCCCCCCC/C=C\C/C=C\CCCCCCCCCCC. The predicted octanol–water partition coefficient (Wildman–Crippen LogP) is 11.1. The zero-order chi connectivity index (χ0) is 49.7. The molecule has 9 unspecified atom stereocenters. The maximum absolute atomic E-state index is 13.1. The van der Waals surface area contributed by atoms with E-state index in [1.165, 1.54) is 122 Å². The van der Waals surface area contributed by atoms with E-state index in [2.05, 4.69) is 79.9 Å². The van der Waals surface area contributed by atoms with E-state index in [9.17, 15) is 40.5 Å². The molecule has 1 rings (SSSR count). The van der Waals surface area contributed by atoms with Crippen LogP contribution in [-0.4, -0.2) is 110 Å². The molecule has 1 heterocycles. The zero-order valence-electron chi connectivity index (χ0n) is 43.1. The number of hydrogen-bond donors (Lipinski definition) is 8. The first-order valence-corrected chi connectivity index (χ1v) is 27.7. The molecule has 68 heavy (non-hydrogen) atoms.